The lowest BCUT2D eigenvalue weighted by atomic mass is 9.49. The van der Waals surface area contributed by atoms with Gasteiger partial charge in [-0.05, 0) is 16.8 Å². The first-order chi connectivity index (χ1) is 8.22. The molecule has 2 aromatic rings. The number of hydrogen-bond donors (Lipinski definition) is 0. The van der Waals surface area contributed by atoms with Gasteiger partial charge < -0.3 is 0 Å². The van der Waals surface area contributed by atoms with Crippen LogP contribution in [0.3, 0.4) is 0 Å². The first-order valence-electron chi connectivity index (χ1n) is 6.15. The Morgan fingerprint density at radius 3 is 2.29 bits per heavy atom. The average molecular weight is 223 g/mol. The van der Waals surface area contributed by atoms with Gasteiger partial charge in [0, 0.05) is 0 Å². The van der Waals surface area contributed by atoms with Crippen molar-refractivity contribution in [2.24, 2.45) is 0 Å². The van der Waals surface area contributed by atoms with Crippen molar-refractivity contribution in [3.63, 3.8) is 0 Å². The Morgan fingerprint density at radius 1 is 1.06 bits per heavy atom. The fourth-order valence-corrected chi connectivity index (χ4v) is 1.76. The lowest BCUT2D eigenvalue weighted by Crippen LogP contribution is -2.22. The van der Waals surface area contributed by atoms with Crippen LogP contribution in [0, 0.1) is 11.3 Å². The summed E-state index contributed by atoms with van der Waals surface area (Å²) in [5, 5.41) is 11.3. The summed E-state index contributed by atoms with van der Waals surface area (Å²) in [4.78, 5) is 0. The number of nitriles is 1. The van der Waals surface area contributed by atoms with E-state index < -0.39 is 0 Å². The fourth-order valence-electron chi connectivity index (χ4n) is 1.76. The van der Waals surface area contributed by atoms with E-state index in [9.17, 15) is 0 Å². The molecule has 2 rings (SSSR count). The van der Waals surface area contributed by atoms with Gasteiger partial charge in [0.1, 0.15) is 0 Å². The van der Waals surface area contributed by atoms with E-state index in [1.165, 1.54) is 5.46 Å². The molecule has 0 atom stereocenters. The Bertz CT molecular complexity index is 538. The molecular formula is C15H18BN. The van der Waals surface area contributed by atoms with Crippen LogP contribution in [0.1, 0.15) is 19.4 Å². The van der Waals surface area contributed by atoms with Crippen molar-refractivity contribution in [3.8, 4) is 6.07 Å². The molecule has 1 nitrogen and oxygen atoms in total. The van der Waals surface area contributed by atoms with Gasteiger partial charge in [0.05, 0.1) is 11.6 Å². The summed E-state index contributed by atoms with van der Waals surface area (Å²) < 4.78 is 0. The highest BCUT2D eigenvalue weighted by molar-refractivity contribution is 6.71. The summed E-state index contributed by atoms with van der Waals surface area (Å²) in [7, 11) is 0. The minimum absolute atomic E-state index is 0.460. The van der Waals surface area contributed by atoms with E-state index in [1.807, 2.05) is 38.1 Å². The molecule has 86 valence electrons. The van der Waals surface area contributed by atoms with E-state index in [2.05, 4.69) is 31.8 Å². The van der Waals surface area contributed by atoms with Crippen LogP contribution in [0.15, 0.2) is 36.4 Å². The molecule has 0 saturated carbocycles. The first kappa shape index (κ1) is 13.3. The second kappa shape index (κ2) is 6.10. The van der Waals surface area contributed by atoms with Crippen molar-refractivity contribution < 1.29 is 0 Å². The molecule has 0 aliphatic rings. The Labute approximate surface area is 104 Å². The van der Waals surface area contributed by atoms with E-state index in [4.69, 9.17) is 5.26 Å². The first-order valence-corrected chi connectivity index (χ1v) is 6.15. The van der Waals surface area contributed by atoms with Crippen molar-refractivity contribution in [1.82, 2.24) is 0 Å². The number of nitrogens with zero attached hydrogens (tertiary/aromatic N) is 1. The maximum atomic E-state index is 9.09. The largest absolute Gasteiger partial charge is 0.192 e. The molecule has 0 aromatic heterocycles. The van der Waals surface area contributed by atoms with Crippen molar-refractivity contribution in [2.75, 3.05) is 0 Å². The van der Waals surface area contributed by atoms with Crippen LogP contribution in [0.25, 0.3) is 10.8 Å². The normalized spacial score (nSPS) is 9.12. The second-order valence-electron chi connectivity index (χ2n) is 4.06. The highest BCUT2D eigenvalue weighted by Gasteiger charge is 2.07. The molecule has 0 aliphatic carbocycles. The molecule has 0 amide bonds. The predicted octanol–water partition coefficient (Wildman–Crippen LogP) is 3.70. The van der Waals surface area contributed by atoms with E-state index in [0.29, 0.717) is 6.71 Å². The SMILES string of the molecule is CB(C)c1cc(C#N)c2ccccc2c1.CC. The van der Waals surface area contributed by atoms with Crippen molar-refractivity contribution in [2.45, 2.75) is 27.5 Å². The summed E-state index contributed by atoms with van der Waals surface area (Å²) in [6.45, 7) is 8.75. The van der Waals surface area contributed by atoms with Crippen LogP contribution in [-0.2, 0) is 0 Å². The third kappa shape index (κ3) is 2.88. The Hall–Kier alpha value is -1.75. The van der Waals surface area contributed by atoms with E-state index >= 15 is 0 Å². The average Bonchev–Trinajstić information content (AvgIpc) is 2.39. The molecule has 0 unspecified atom stereocenters. The van der Waals surface area contributed by atoms with Crippen molar-refractivity contribution in [3.05, 3.63) is 42.0 Å². The van der Waals surface area contributed by atoms with E-state index in [-0.39, 0.29) is 0 Å². The summed E-state index contributed by atoms with van der Waals surface area (Å²) in [5.41, 5.74) is 2.00. The summed E-state index contributed by atoms with van der Waals surface area (Å²) >= 11 is 0. The fraction of sp³-hybridized carbons (Fsp3) is 0.267. The van der Waals surface area contributed by atoms with Gasteiger partial charge in [-0.15, -0.1) is 0 Å². The minimum atomic E-state index is 0.460. The van der Waals surface area contributed by atoms with Gasteiger partial charge in [0.2, 0.25) is 0 Å². The van der Waals surface area contributed by atoms with Gasteiger partial charge in [0.25, 0.3) is 0 Å². The number of fused-ring (bicyclic) bond motifs is 1. The minimum Gasteiger partial charge on any atom is -0.192 e. The number of hydrogen-bond acceptors (Lipinski definition) is 1. The summed E-state index contributed by atoms with van der Waals surface area (Å²) in [6.07, 6.45) is 0. The van der Waals surface area contributed by atoms with Crippen LogP contribution >= 0.6 is 0 Å². The lowest BCUT2D eigenvalue weighted by molar-refractivity contribution is 1.50. The molecule has 2 heteroatoms. The van der Waals surface area contributed by atoms with E-state index in [0.717, 1.165) is 16.3 Å². The zero-order valence-corrected chi connectivity index (χ0v) is 11.0. The molecule has 0 heterocycles. The zero-order valence-electron chi connectivity index (χ0n) is 11.0. The van der Waals surface area contributed by atoms with Crippen LogP contribution < -0.4 is 5.46 Å². The zero-order chi connectivity index (χ0) is 12.8. The number of rotatable bonds is 1. The van der Waals surface area contributed by atoms with Crippen LogP contribution in [0.4, 0.5) is 0 Å². The molecule has 0 aliphatic heterocycles. The molecule has 2 aromatic carbocycles. The van der Waals surface area contributed by atoms with Gasteiger partial charge in [-0.1, -0.05) is 63.3 Å². The van der Waals surface area contributed by atoms with Gasteiger partial charge in [-0.25, -0.2) is 0 Å². The second-order valence-corrected chi connectivity index (χ2v) is 4.06. The van der Waals surface area contributed by atoms with Crippen LogP contribution in [0.2, 0.25) is 13.6 Å². The van der Waals surface area contributed by atoms with Gasteiger partial charge in [-0.2, -0.15) is 5.26 Å². The molecule has 0 saturated heterocycles. The highest BCUT2D eigenvalue weighted by Crippen LogP contribution is 2.16. The van der Waals surface area contributed by atoms with Crippen LogP contribution in [-0.4, -0.2) is 6.71 Å². The maximum absolute atomic E-state index is 9.09. The topological polar surface area (TPSA) is 23.8 Å². The highest BCUT2D eigenvalue weighted by atomic mass is 14.2. The monoisotopic (exact) mass is 223 g/mol. The smallest absolute Gasteiger partial charge is 0.169 e. The molecule has 0 spiro atoms. The quantitative estimate of drug-likeness (QED) is 0.676. The molecule has 0 fully saturated rings. The standard InChI is InChI=1S/C13H12BN.C2H6/c1-14(2)12-7-10-5-3-4-6-13(10)11(8-12)9-15;1-2/h3-8H,1-2H3;1-2H3. The maximum Gasteiger partial charge on any atom is 0.169 e. The Morgan fingerprint density at radius 2 is 1.71 bits per heavy atom. The van der Waals surface area contributed by atoms with Gasteiger partial charge in [-0.3, -0.25) is 0 Å². The number of benzene rings is 2. The Kier molecular flexibility index (Phi) is 4.78. The molecular weight excluding hydrogens is 205 g/mol. The molecule has 0 N–H and O–H groups in total. The molecule has 0 bridgehead atoms. The van der Waals surface area contributed by atoms with Gasteiger partial charge in [0.15, 0.2) is 6.71 Å². The van der Waals surface area contributed by atoms with Gasteiger partial charge >= 0.3 is 0 Å². The third-order valence-electron chi connectivity index (χ3n) is 2.67. The van der Waals surface area contributed by atoms with Crippen molar-refractivity contribution in [1.29, 1.82) is 5.26 Å². The predicted molar refractivity (Wildman–Crippen MR) is 77.1 cm³/mol. The van der Waals surface area contributed by atoms with E-state index in [1.54, 1.807) is 0 Å². The molecule has 0 radical (unpaired) electrons. The van der Waals surface area contributed by atoms with Crippen LogP contribution in [0.5, 0.6) is 0 Å². The third-order valence-corrected chi connectivity index (χ3v) is 2.67. The molecule has 17 heavy (non-hydrogen) atoms. The van der Waals surface area contributed by atoms with Crippen molar-refractivity contribution >= 4 is 22.9 Å². The summed E-state index contributed by atoms with van der Waals surface area (Å²) in [6, 6.07) is 14.5. The summed E-state index contributed by atoms with van der Waals surface area (Å²) in [5.74, 6) is 0. The lowest BCUT2D eigenvalue weighted by Gasteiger charge is -2.06. The Balaban J connectivity index is 0.000000686.